The van der Waals surface area contributed by atoms with Crippen molar-refractivity contribution < 1.29 is 13.2 Å². The topological polar surface area (TPSA) is 46.9 Å². The van der Waals surface area contributed by atoms with Gasteiger partial charge in [0.15, 0.2) is 0 Å². The third kappa shape index (κ3) is 3.41. The van der Waals surface area contributed by atoms with Crippen molar-refractivity contribution in [3.05, 3.63) is 64.6 Å². The van der Waals surface area contributed by atoms with Crippen LogP contribution in [0.1, 0.15) is 25.3 Å². The molecule has 3 aromatic rings. The molecule has 0 spiro atoms. The zero-order valence-electron chi connectivity index (χ0n) is 14.6. The fourth-order valence-electron chi connectivity index (χ4n) is 3.27. The van der Waals surface area contributed by atoms with Gasteiger partial charge in [-0.25, -0.2) is 4.79 Å². The van der Waals surface area contributed by atoms with Crippen LogP contribution >= 0.6 is 0 Å². The Balaban J connectivity index is 1.96. The standard InChI is InChI=1S/C20H18F3N3O/c1-12(13-7-8-13)24-18-16-10-9-14(20(21,22)23)11-17(16)26(19(27)25-18)15-5-3-2-4-6-15/h2-6,9-13H,7-8H2,1H3,(H,24,25,27). The SMILES string of the molecule is CC(Nc1nc(=O)n(-c2ccccc2)c2cc(C(F)(F)F)ccc12)C1CC1. The van der Waals surface area contributed by atoms with Crippen molar-refractivity contribution >= 4 is 16.7 Å². The number of nitrogens with zero attached hydrogens (tertiary/aromatic N) is 2. The number of hydrogen-bond acceptors (Lipinski definition) is 3. The Morgan fingerprint density at radius 3 is 2.48 bits per heavy atom. The van der Waals surface area contributed by atoms with Gasteiger partial charge in [-0.15, -0.1) is 0 Å². The van der Waals surface area contributed by atoms with Crippen molar-refractivity contribution in [2.45, 2.75) is 32.0 Å². The molecule has 2 aromatic carbocycles. The van der Waals surface area contributed by atoms with Crippen molar-refractivity contribution in [2.75, 3.05) is 5.32 Å². The van der Waals surface area contributed by atoms with Crippen molar-refractivity contribution in [1.82, 2.24) is 9.55 Å². The summed E-state index contributed by atoms with van der Waals surface area (Å²) in [5.41, 5.74) is -0.757. The van der Waals surface area contributed by atoms with Gasteiger partial charge in [-0.2, -0.15) is 18.2 Å². The van der Waals surface area contributed by atoms with E-state index in [1.54, 1.807) is 30.3 Å². The first-order valence-electron chi connectivity index (χ1n) is 8.80. The summed E-state index contributed by atoms with van der Waals surface area (Å²) in [5, 5.41) is 3.70. The highest BCUT2D eigenvalue weighted by molar-refractivity contribution is 5.91. The predicted octanol–water partition coefficient (Wildman–Crippen LogP) is 4.61. The van der Waals surface area contributed by atoms with Crippen LogP contribution in [0.2, 0.25) is 0 Å². The van der Waals surface area contributed by atoms with Gasteiger partial charge in [0.2, 0.25) is 0 Å². The van der Waals surface area contributed by atoms with Crippen LogP contribution in [0.4, 0.5) is 19.0 Å². The second-order valence-electron chi connectivity index (χ2n) is 6.91. The van der Waals surface area contributed by atoms with Crippen LogP contribution in [0.5, 0.6) is 0 Å². The zero-order chi connectivity index (χ0) is 19.2. The van der Waals surface area contributed by atoms with E-state index in [9.17, 15) is 18.0 Å². The fraction of sp³-hybridized carbons (Fsp3) is 0.300. The van der Waals surface area contributed by atoms with E-state index in [4.69, 9.17) is 0 Å². The second kappa shape index (κ2) is 6.40. The molecule has 1 atom stereocenters. The number of aromatic nitrogens is 2. The molecule has 1 aliphatic carbocycles. The van der Waals surface area contributed by atoms with Crippen LogP contribution in [0.3, 0.4) is 0 Å². The van der Waals surface area contributed by atoms with Crippen molar-refractivity contribution in [2.24, 2.45) is 5.92 Å². The van der Waals surface area contributed by atoms with Crippen molar-refractivity contribution in [3.63, 3.8) is 0 Å². The summed E-state index contributed by atoms with van der Waals surface area (Å²) in [5.74, 6) is 0.836. The van der Waals surface area contributed by atoms with Gasteiger partial charge in [-0.1, -0.05) is 18.2 Å². The number of anilines is 1. The lowest BCUT2D eigenvalue weighted by molar-refractivity contribution is -0.137. The molecule has 0 amide bonds. The van der Waals surface area contributed by atoms with Crippen LogP contribution in [0.25, 0.3) is 16.6 Å². The summed E-state index contributed by atoms with van der Waals surface area (Å²) in [6.45, 7) is 2.00. The van der Waals surface area contributed by atoms with E-state index in [0.717, 1.165) is 25.0 Å². The van der Waals surface area contributed by atoms with Gasteiger partial charge in [0, 0.05) is 11.4 Å². The second-order valence-corrected chi connectivity index (χ2v) is 6.91. The minimum atomic E-state index is -4.50. The molecule has 27 heavy (non-hydrogen) atoms. The van der Waals surface area contributed by atoms with Crippen molar-refractivity contribution in [3.8, 4) is 5.69 Å². The largest absolute Gasteiger partial charge is 0.416 e. The Labute approximate surface area is 153 Å². The highest BCUT2D eigenvalue weighted by Crippen LogP contribution is 2.36. The predicted molar refractivity (Wildman–Crippen MR) is 98.2 cm³/mol. The molecule has 1 saturated carbocycles. The number of para-hydroxylation sites is 1. The lowest BCUT2D eigenvalue weighted by Crippen LogP contribution is -2.26. The molecule has 140 valence electrons. The first-order valence-corrected chi connectivity index (χ1v) is 8.80. The quantitative estimate of drug-likeness (QED) is 0.726. The molecule has 1 aromatic heterocycles. The number of alkyl halides is 3. The summed E-state index contributed by atoms with van der Waals surface area (Å²) in [4.78, 5) is 16.8. The van der Waals surface area contributed by atoms with Crippen molar-refractivity contribution in [1.29, 1.82) is 0 Å². The van der Waals surface area contributed by atoms with Gasteiger partial charge in [0.25, 0.3) is 0 Å². The van der Waals surface area contributed by atoms with Gasteiger partial charge >= 0.3 is 11.9 Å². The molecule has 1 heterocycles. The lowest BCUT2D eigenvalue weighted by Gasteiger charge is -2.18. The Kier molecular flexibility index (Phi) is 4.17. The summed E-state index contributed by atoms with van der Waals surface area (Å²) >= 11 is 0. The zero-order valence-corrected chi connectivity index (χ0v) is 14.6. The van der Waals surface area contributed by atoms with E-state index in [0.29, 0.717) is 22.8 Å². The molecule has 0 saturated heterocycles. The molecule has 0 bridgehead atoms. The summed E-state index contributed by atoms with van der Waals surface area (Å²) in [6, 6.07) is 12.1. The Morgan fingerprint density at radius 2 is 1.85 bits per heavy atom. The van der Waals surface area contributed by atoms with Crippen LogP contribution in [-0.4, -0.2) is 15.6 Å². The maximum atomic E-state index is 13.3. The normalized spacial score (nSPS) is 15.7. The molecule has 7 heteroatoms. The van der Waals surface area contributed by atoms with E-state index in [-0.39, 0.29) is 11.6 Å². The van der Waals surface area contributed by atoms with E-state index in [1.165, 1.54) is 10.6 Å². The van der Waals surface area contributed by atoms with Gasteiger partial charge in [0.1, 0.15) is 5.82 Å². The molecule has 1 aliphatic rings. The molecule has 0 aliphatic heterocycles. The van der Waals surface area contributed by atoms with Gasteiger partial charge < -0.3 is 5.32 Å². The smallest absolute Gasteiger partial charge is 0.367 e. The number of halogens is 3. The molecule has 4 rings (SSSR count). The highest BCUT2D eigenvalue weighted by atomic mass is 19.4. The minimum absolute atomic E-state index is 0.106. The molecule has 1 unspecified atom stereocenters. The first kappa shape index (κ1) is 17.6. The third-order valence-corrected chi connectivity index (χ3v) is 4.93. The van der Waals surface area contributed by atoms with Gasteiger partial charge in [-0.3, -0.25) is 4.57 Å². The monoisotopic (exact) mass is 373 g/mol. The van der Waals surface area contributed by atoms with E-state index < -0.39 is 17.4 Å². The maximum Gasteiger partial charge on any atom is 0.416 e. The van der Waals surface area contributed by atoms with Crippen LogP contribution in [-0.2, 0) is 6.18 Å². The minimum Gasteiger partial charge on any atom is -0.367 e. The van der Waals surface area contributed by atoms with Crippen LogP contribution in [0.15, 0.2) is 53.3 Å². The average molecular weight is 373 g/mol. The number of fused-ring (bicyclic) bond motifs is 1. The number of hydrogen-bond donors (Lipinski definition) is 1. The summed E-state index contributed by atoms with van der Waals surface area (Å²) in [7, 11) is 0. The van der Waals surface area contributed by atoms with Gasteiger partial charge in [-0.05, 0) is 56.0 Å². The Hall–Kier alpha value is -2.83. The fourth-order valence-corrected chi connectivity index (χ4v) is 3.27. The first-order chi connectivity index (χ1) is 12.8. The number of benzene rings is 2. The van der Waals surface area contributed by atoms with Crippen LogP contribution < -0.4 is 11.0 Å². The molecule has 4 nitrogen and oxygen atoms in total. The molecular formula is C20H18F3N3O. The maximum absolute atomic E-state index is 13.3. The average Bonchev–Trinajstić information content (AvgIpc) is 3.46. The highest BCUT2D eigenvalue weighted by Gasteiger charge is 2.32. The third-order valence-electron chi connectivity index (χ3n) is 4.93. The molecular weight excluding hydrogens is 355 g/mol. The molecule has 0 radical (unpaired) electrons. The summed E-state index contributed by atoms with van der Waals surface area (Å²) in [6.07, 6.45) is -2.29. The molecule has 1 fully saturated rings. The number of rotatable bonds is 4. The summed E-state index contributed by atoms with van der Waals surface area (Å²) < 4.78 is 41.0. The Morgan fingerprint density at radius 1 is 1.15 bits per heavy atom. The van der Waals surface area contributed by atoms with Crippen LogP contribution in [0, 0.1) is 5.92 Å². The van der Waals surface area contributed by atoms with E-state index in [2.05, 4.69) is 10.3 Å². The lowest BCUT2D eigenvalue weighted by atomic mass is 10.1. The van der Waals surface area contributed by atoms with E-state index in [1.807, 2.05) is 6.92 Å². The number of nitrogens with one attached hydrogen (secondary N) is 1. The Bertz CT molecular complexity index is 1040. The van der Waals surface area contributed by atoms with E-state index >= 15 is 0 Å². The molecule has 1 N–H and O–H groups in total. The van der Waals surface area contributed by atoms with Gasteiger partial charge in [0.05, 0.1) is 16.8 Å².